The van der Waals surface area contributed by atoms with Crippen LogP contribution in [0.3, 0.4) is 0 Å². The van der Waals surface area contributed by atoms with Crippen molar-refractivity contribution in [2.45, 2.75) is 12.8 Å². The van der Waals surface area contributed by atoms with Gasteiger partial charge in [-0.25, -0.2) is 0 Å². The Labute approximate surface area is 72.6 Å². The first-order chi connectivity index (χ1) is 5.75. The van der Waals surface area contributed by atoms with Crippen molar-refractivity contribution in [3.63, 3.8) is 0 Å². The normalized spacial score (nSPS) is 12.8. The molecule has 1 unspecified atom stereocenters. The molecule has 1 heterocycles. The molecule has 0 aliphatic carbocycles. The van der Waals surface area contributed by atoms with E-state index in [1.165, 1.54) is 0 Å². The predicted octanol–water partition coefficient (Wildman–Crippen LogP) is 1.41. The molecule has 0 aliphatic rings. The molecule has 0 bridgehead atoms. The quantitative estimate of drug-likeness (QED) is 0.738. The summed E-state index contributed by atoms with van der Waals surface area (Å²) in [6, 6.07) is 1.81. The van der Waals surface area contributed by atoms with Crippen molar-refractivity contribution < 1.29 is 4.74 Å². The second kappa shape index (κ2) is 4.07. The smallest absolute Gasteiger partial charge is 0.0529 e. The summed E-state index contributed by atoms with van der Waals surface area (Å²) in [4.78, 5) is 4.01. The standard InChI is InChI=1S/C9H14N2O/c1-7(6-12-2)8-5-11-4-3-9(8)10/h3-5,7H,6H2,1-2H3,(H2,10,11). The van der Waals surface area contributed by atoms with Crippen molar-refractivity contribution >= 4 is 5.69 Å². The molecule has 2 N–H and O–H groups in total. The number of methoxy groups -OCH3 is 1. The van der Waals surface area contributed by atoms with Crippen molar-refractivity contribution in [1.82, 2.24) is 4.98 Å². The van der Waals surface area contributed by atoms with E-state index in [0.29, 0.717) is 12.5 Å². The molecule has 1 aromatic rings. The van der Waals surface area contributed by atoms with E-state index in [1.54, 1.807) is 19.5 Å². The molecule has 0 aliphatic heterocycles. The van der Waals surface area contributed by atoms with Crippen molar-refractivity contribution in [2.24, 2.45) is 0 Å². The fourth-order valence-corrected chi connectivity index (χ4v) is 1.17. The number of anilines is 1. The number of nitrogens with two attached hydrogens (primary N) is 1. The van der Waals surface area contributed by atoms with Crippen molar-refractivity contribution in [2.75, 3.05) is 19.5 Å². The maximum Gasteiger partial charge on any atom is 0.0529 e. The van der Waals surface area contributed by atoms with E-state index >= 15 is 0 Å². The molecular formula is C9H14N2O. The number of rotatable bonds is 3. The van der Waals surface area contributed by atoms with Crippen LogP contribution in [0.25, 0.3) is 0 Å². The molecule has 66 valence electrons. The molecule has 1 atom stereocenters. The van der Waals surface area contributed by atoms with Gasteiger partial charge in [0.2, 0.25) is 0 Å². The molecule has 0 spiro atoms. The van der Waals surface area contributed by atoms with Crippen LogP contribution in [0.15, 0.2) is 18.5 Å². The van der Waals surface area contributed by atoms with Crippen LogP contribution in [0.5, 0.6) is 0 Å². The maximum atomic E-state index is 5.76. The predicted molar refractivity (Wildman–Crippen MR) is 48.9 cm³/mol. The van der Waals surface area contributed by atoms with E-state index in [9.17, 15) is 0 Å². The molecule has 0 radical (unpaired) electrons. The Morgan fingerprint density at radius 2 is 2.42 bits per heavy atom. The average Bonchev–Trinajstić information content (AvgIpc) is 2.05. The first-order valence-electron chi connectivity index (χ1n) is 3.94. The monoisotopic (exact) mass is 166 g/mol. The summed E-state index contributed by atoms with van der Waals surface area (Å²) in [5.74, 6) is 0.309. The number of aromatic nitrogens is 1. The first kappa shape index (κ1) is 9.00. The van der Waals surface area contributed by atoms with Gasteiger partial charge >= 0.3 is 0 Å². The Hall–Kier alpha value is -1.09. The van der Waals surface area contributed by atoms with Gasteiger partial charge in [0.05, 0.1) is 6.61 Å². The number of nitrogens with zero attached hydrogens (tertiary/aromatic N) is 1. The highest BCUT2D eigenvalue weighted by molar-refractivity contribution is 5.46. The summed E-state index contributed by atoms with van der Waals surface area (Å²) < 4.78 is 5.03. The number of hydrogen-bond donors (Lipinski definition) is 1. The van der Waals surface area contributed by atoms with E-state index in [1.807, 2.05) is 6.07 Å². The zero-order valence-corrected chi connectivity index (χ0v) is 7.45. The molecule has 0 aromatic carbocycles. The van der Waals surface area contributed by atoms with Gasteiger partial charge in [0, 0.05) is 31.1 Å². The van der Waals surface area contributed by atoms with Crippen molar-refractivity contribution in [3.8, 4) is 0 Å². The summed E-state index contributed by atoms with van der Waals surface area (Å²) in [5, 5.41) is 0. The summed E-state index contributed by atoms with van der Waals surface area (Å²) in [5.41, 5.74) is 7.60. The third-order valence-corrected chi connectivity index (χ3v) is 1.83. The SMILES string of the molecule is COCC(C)c1cnccc1N. The zero-order chi connectivity index (χ0) is 8.97. The van der Waals surface area contributed by atoms with E-state index in [-0.39, 0.29) is 0 Å². The highest BCUT2D eigenvalue weighted by atomic mass is 16.5. The highest BCUT2D eigenvalue weighted by Crippen LogP contribution is 2.20. The molecule has 3 heteroatoms. The zero-order valence-electron chi connectivity index (χ0n) is 7.45. The number of nitrogen functional groups attached to an aromatic ring is 1. The topological polar surface area (TPSA) is 48.1 Å². The summed E-state index contributed by atoms with van der Waals surface area (Å²) in [7, 11) is 1.68. The molecular weight excluding hydrogens is 152 g/mol. The van der Waals surface area contributed by atoms with Crippen molar-refractivity contribution in [1.29, 1.82) is 0 Å². The first-order valence-corrected chi connectivity index (χ1v) is 3.94. The molecule has 3 nitrogen and oxygen atoms in total. The molecule has 12 heavy (non-hydrogen) atoms. The average molecular weight is 166 g/mol. The van der Waals surface area contributed by atoms with Gasteiger partial charge in [-0.2, -0.15) is 0 Å². The Morgan fingerprint density at radius 3 is 3.00 bits per heavy atom. The minimum atomic E-state index is 0.309. The van der Waals surface area contributed by atoms with Crippen LogP contribution in [-0.2, 0) is 4.74 Å². The van der Waals surface area contributed by atoms with E-state index in [0.717, 1.165) is 11.3 Å². The van der Waals surface area contributed by atoms with Gasteiger partial charge in [0.15, 0.2) is 0 Å². The van der Waals surface area contributed by atoms with Crippen molar-refractivity contribution in [3.05, 3.63) is 24.0 Å². The van der Waals surface area contributed by atoms with Crippen LogP contribution in [0, 0.1) is 0 Å². The van der Waals surface area contributed by atoms with Gasteiger partial charge in [-0.15, -0.1) is 0 Å². The van der Waals surface area contributed by atoms with Gasteiger partial charge in [0.1, 0.15) is 0 Å². The van der Waals surface area contributed by atoms with Gasteiger partial charge in [-0.05, 0) is 11.6 Å². The second-order valence-electron chi connectivity index (χ2n) is 2.86. The molecule has 1 aromatic heterocycles. The minimum Gasteiger partial charge on any atom is -0.398 e. The molecule has 0 amide bonds. The van der Waals surface area contributed by atoms with Crippen LogP contribution in [-0.4, -0.2) is 18.7 Å². The summed E-state index contributed by atoms with van der Waals surface area (Å²) in [6.07, 6.45) is 3.48. The van der Waals surface area contributed by atoms with E-state index in [2.05, 4.69) is 11.9 Å². The lowest BCUT2D eigenvalue weighted by molar-refractivity contribution is 0.184. The van der Waals surface area contributed by atoms with Crippen LogP contribution < -0.4 is 5.73 Å². The third kappa shape index (κ3) is 1.95. The Morgan fingerprint density at radius 1 is 1.67 bits per heavy atom. The van der Waals surface area contributed by atoms with Crippen LogP contribution >= 0.6 is 0 Å². The van der Waals surface area contributed by atoms with Gasteiger partial charge in [-0.1, -0.05) is 6.92 Å². The maximum absolute atomic E-state index is 5.76. The number of hydrogen-bond acceptors (Lipinski definition) is 3. The van der Waals surface area contributed by atoms with Gasteiger partial charge in [0.25, 0.3) is 0 Å². The number of ether oxygens (including phenoxy) is 1. The van der Waals surface area contributed by atoms with Crippen LogP contribution in [0.4, 0.5) is 5.69 Å². The Kier molecular flexibility index (Phi) is 3.05. The van der Waals surface area contributed by atoms with Crippen LogP contribution in [0.2, 0.25) is 0 Å². The lowest BCUT2D eigenvalue weighted by Gasteiger charge is -2.11. The Balaban J connectivity index is 2.79. The summed E-state index contributed by atoms with van der Waals surface area (Å²) in [6.45, 7) is 2.74. The second-order valence-corrected chi connectivity index (χ2v) is 2.86. The highest BCUT2D eigenvalue weighted by Gasteiger charge is 2.07. The molecule has 0 saturated carbocycles. The molecule has 1 rings (SSSR count). The lowest BCUT2D eigenvalue weighted by Crippen LogP contribution is -2.05. The largest absolute Gasteiger partial charge is 0.398 e. The lowest BCUT2D eigenvalue weighted by atomic mass is 10.0. The third-order valence-electron chi connectivity index (χ3n) is 1.83. The van der Waals surface area contributed by atoms with Gasteiger partial charge < -0.3 is 10.5 Å². The molecule has 0 saturated heterocycles. The summed E-state index contributed by atoms with van der Waals surface area (Å²) >= 11 is 0. The number of pyridine rings is 1. The van der Waals surface area contributed by atoms with E-state index in [4.69, 9.17) is 10.5 Å². The van der Waals surface area contributed by atoms with Gasteiger partial charge in [-0.3, -0.25) is 4.98 Å². The van der Waals surface area contributed by atoms with Crippen LogP contribution in [0.1, 0.15) is 18.4 Å². The molecule has 0 fully saturated rings. The minimum absolute atomic E-state index is 0.309. The van der Waals surface area contributed by atoms with E-state index < -0.39 is 0 Å². The fraction of sp³-hybridized carbons (Fsp3) is 0.444. The Bertz CT molecular complexity index is 250. The fourth-order valence-electron chi connectivity index (χ4n) is 1.17.